The number of esters is 1. The third kappa shape index (κ3) is 4.71. The predicted molar refractivity (Wildman–Crippen MR) is 76.9 cm³/mol. The van der Waals surface area contributed by atoms with Gasteiger partial charge in [-0.25, -0.2) is 17.6 Å². The molecule has 0 spiro atoms. The minimum absolute atomic E-state index is 0.130. The molecule has 8 heteroatoms. The molecule has 20 heavy (non-hydrogen) atoms. The number of benzene rings is 1. The van der Waals surface area contributed by atoms with Crippen molar-refractivity contribution in [3.63, 3.8) is 0 Å². The molecule has 0 heterocycles. The van der Waals surface area contributed by atoms with E-state index in [1.165, 1.54) is 0 Å². The molecule has 1 rings (SSSR count). The molecule has 0 unspecified atom stereocenters. The van der Waals surface area contributed by atoms with E-state index in [0.717, 1.165) is 12.1 Å². The summed E-state index contributed by atoms with van der Waals surface area (Å²) >= 11 is 3.00. The fraction of sp³-hybridized carbons (Fsp3) is 0.417. The number of ether oxygens (including phenoxy) is 1. The molecule has 0 N–H and O–H groups in total. The zero-order valence-electron chi connectivity index (χ0n) is 10.8. The molecule has 112 valence electrons. The average Bonchev–Trinajstić information content (AvgIpc) is 2.29. The Kier molecular flexibility index (Phi) is 5.97. The number of hydrogen-bond acceptors (Lipinski definition) is 4. The molecule has 0 radical (unpaired) electrons. The second kappa shape index (κ2) is 6.87. The number of rotatable bonds is 5. The monoisotopic (exact) mass is 386 g/mol. The summed E-state index contributed by atoms with van der Waals surface area (Å²) in [5, 5.41) is 0. The summed E-state index contributed by atoms with van der Waals surface area (Å²) in [6, 6.07) is 2.14. The zero-order chi connectivity index (χ0) is 15.5. The van der Waals surface area contributed by atoms with Gasteiger partial charge in [0, 0.05) is 15.2 Å². The van der Waals surface area contributed by atoms with Crippen molar-refractivity contribution in [2.24, 2.45) is 5.92 Å². The van der Waals surface area contributed by atoms with Crippen LogP contribution in [0.25, 0.3) is 0 Å². The third-order valence-corrected chi connectivity index (χ3v) is 4.19. The lowest BCUT2D eigenvalue weighted by atomic mass is 10.1. The highest BCUT2D eigenvalue weighted by Gasteiger charge is 2.24. The van der Waals surface area contributed by atoms with Crippen LogP contribution in [0.15, 0.2) is 21.5 Å². The molecular formula is C12H13BrClFO4S. The van der Waals surface area contributed by atoms with Gasteiger partial charge in [0.1, 0.15) is 4.90 Å². The lowest BCUT2D eigenvalue weighted by Crippen LogP contribution is -2.12. The van der Waals surface area contributed by atoms with Crippen LogP contribution in [-0.4, -0.2) is 21.0 Å². The first-order valence-corrected chi connectivity index (χ1v) is 8.84. The first kappa shape index (κ1) is 17.4. The van der Waals surface area contributed by atoms with Crippen molar-refractivity contribution in [1.82, 2.24) is 0 Å². The molecular weight excluding hydrogens is 375 g/mol. The predicted octanol–water partition coefficient (Wildman–Crippen LogP) is 3.72. The van der Waals surface area contributed by atoms with Gasteiger partial charge in [0.15, 0.2) is 5.82 Å². The highest BCUT2D eigenvalue weighted by atomic mass is 79.9. The van der Waals surface area contributed by atoms with Gasteiger partial charge in [-0.3, -0.25) is 0 Å². The highest BCUT2D eigenvalue weighted by molar-refractivity contribution is 9.10. The van der Waals surface area contributed by atoms with Crippen LogP contribution in [0, 0.1) is 11.7 Å². The maximum absolute atomic E-state index is 14.0. The second-order valence-electron chi connectivity index (χ2n) is 4.52. The van der Waals surface area contributed by atoms with Crippen LogP contribution in [0.5, 0.6) is 0 Å². The summed E-state index contributed by atoms with van der Waals surface area (Å²) in [4.78, 5) is 11.0. The smallest absolute Gasteiger partial charge is 0.341 e. The highest BCUT2D eigenvalue weighted by Crippen LogP contribution is 2.27. The van der Waals surface area contributed by atoms with Gasteiger partial charge in [0.2, 0.25) is 0 Å². The summed E-state index contributed by atoms with van der Waals surface area (Å²) in [5.41, 5.74) is -0.470. The van der Waals surface area contributed by atoms with Crippen LogP contribution in [0.1, 0.15) is 30.6 Å². The molecule has 0 amide bonds. The van der Waals surface area contributed by atoms with Crippen molar-refractivity contribution < 1.29 is 22.3 Å². The molecule has 4 nitrogen and oxygen atoms in total. The number of hydrogen-bond donors (Lipinski definition) is 0. The Morgan fingerprint density at radius 2 is 2.05 bits per heavy atom. The van der Waals surface area contributed by atoms with E-state index >= 15 is 0 Å². The Bertz CT molecular complexity index is 616. The van der Waals surface area contributed by atoms with E-state index in [9.17, 15) is 17.6 Å². The minimum atomic E-state index is -4.29. The SMILES string of the molecule is CC(C)CCOC(=O)c1cc(Br)cc(S(=O)(=O)Cl)c1F. The summed E-state index contributed by atoms with van der Waals surface area (Å²) in [5.74, 6) is -1.81. The molecule has 0 saturated heterocycles. The van der Waals surface area contributed by atoms with Gasteiger partial charge in [0.25, 0.3) is 9.05 Å². The van der Waals surface area contributed by atoms with Gasteiger partial charge in [-0.05, 0) is 24.5 Å². The molecule has 0 aliphatic heterocycles. The topological polar surface area (TPSA) is 60.4 Å². The van der Waals surface area contributed by atoms with Crippen molar-refractivity contribution in [3.8, 4) is 0 Å². The van der Waals surface area contributed by atoms with Crippen molar-refractivity contribution in [2.45, 2.75) is 25.2 Å². The maximum atomic E-state index is 14.0. The van der Waals surface area contributed by atoms with E-state index in [2.05, 4.69) is 15.9 Å². The van der Waals surface area contributed by atoms with E-state index in [0.29, 0.717) is 12.3 Å². The van der Waals surface area contributed by atoms with E-state index < -0.39 is 31.3 Å². The Morgan fingerprint density at radius 1 is 1.45 bits per heavy atom. The summed E-state index contributed by atoms with van der Waals surface area (Å²) in [6.07, 6.45) is 0.627. The van der Waals surface area contributed by atoms with Crippen LogP contribution in [0.2, 0.25) is 0 Å². The van der Waals surface area contributed by atoms with Crippen LogP contribution in [0.4, 0.5) is 4.39 Å². The van der Waals surface area contributed by atoms with E-state index in [4.69, 9.17) is 15.4 Å². The maximum Gasteiger partial charge on any atom is 0.341 e. The molecule has 1 aromatic rings. The van der Waals surface area contributed by atoms with Crippen molar-refractivity contribution >= 4 is 41.6 Å². The average molecular weight is 388 g/mol. The first-order valence-electron chi connectivity index (χ1n) is 5.73. The Hall–Kier alpha value is -0.660. The van der Waals surface area contributed by atoms with E-state index in [-0.39, 0.29) is 11.1 Å². The zero-order valence-corrected chi connectivity index (χ0v) is 14.0. The van der Waals surface area contributed by atoms with Gasteiger partial charge < -0.3 is 4.74 Å². The fourth-order valence-corrected chi connectivity index (χ4v) is 2.89. The van der Waals surface area contributed by atoms with Gasteiger partial charge in [0.05, 0.1) is 12.2 Å². The van der Waals surface area contributed by atoms with Gasteiger partial charge >= 0.3 is 5.97 Å². The molecule has 0 atom stereocenters. The molecule has 0 aromatic heterocycles. The number of halogens is 3. The molecule has 0 aliphatic carbocycles. The van der Waals surface area contributed by atoms with Gasteiger partial charge in [-0.2, -0.15) is 0 Å². The third-order valence-electron chi connectivity index (χ3n) is 2.41. The molecule has 0 saturated carbocycles. The lowest BCUT2D eigenvalue weighted by Gasteiger charge is -2.09. The second-order valence-corrected chi connectivity index (χ2v) is 7.97. The Labute approximate surface area is 129 Å². The van der Waals surface area contributed by atoms with Crippen molar-refractivity contribution in [2.75, 3.05) is 6.61 Å². The minimum Gasteiger partial charge on any atom is -0.462 e. The van der Waals surface area contributed by atoms with Crippen LogP contribution in [0.3, 0.4) is 0 Å². The van der Waals surface area contributed by atoms with Gasteiger partial charge in [-0.15, -0.1) is 0 Å². The Balaban J connectivity index is 3.07. The van der Waals surface area contributed by atoms with E-state index in [1.54, 1.807) is 0 Å². The normalized spacial score (nSPS) is 11.7. The standard InChI is InChI=1S/C12H13BrClFO4S/c1-7(2)3-4-19-12(16)9-5-8(13)6-10(11(9)15)20(14,17)18/h5-7H,3-4H2,1-2H3. The molecule has 0 fully saturated rings. The molecule has 1 aromatic carbocycles. The van der Waals surface area contributed by atoms with Crippen molar-refractivity contribution in [1.29, 1.82) is 0 Å². The molecule has 0 aliphatic rings. The Morgan fingerprint density at radius 3 is 2.55 bits per heavy atom. The summed E-state index contributed by atoms with van der Waals surface area (Å²) in [6.45, 7) is 4.03. The number of carbonyl (C=O) groups excluding carboxylic acids is 1. The molecule has 0 bridgehead atoms. The summed E-state index contributed by atoms with van der Waals surface area (Å²) < 4.78 is 41.6. The summed E-state index contributed by atoms with van der Waals surface area (Å²) in [7, 11) is 0.831. The first-order chi connectivity index (χ1) is 9.12. The fourth-order valence-electron chi connectivity index (χ4n) is 1.36. The van der Waals surface area contributed by atoms with Crippen LogP contribution in [-0.2, 0) is 13.8 Å². The largest absolute Gasteiger partial charge is 0.462 e. The van der Waals surface area contributed by atoms with E-state index in [1.807, 2.05) is 13.8 Å². The van der Waals surface area contributed by atoms with Crippen LogP contribution < -0.4 is 0 Å². The quantitative estimate of drug-likeness (QED) is 0.571. The number of carbonyl (C=O) groups is 1. The van der Waals surface area contributed by atoms with Gasteiger partial charge in [-0.1, -0.05) is 29.8 Å². The van der Waals surface area contributed by atoms with Crippen molar-refractivity contribution in [3.05, 3.63) is 28.0 Å². The lowest BCUT2D eigenvalue weighted by molar-refractivity contribution is 0.0482. The van der Waals surface area contributed by atoms with Crippen LogP contribution >= 0.6 is 26.6 Å².